The van der Waals surface area contributed by atoms with Gasteiger partial charge in [-0.1, -0.05) is 35.0 Å². The third-order valence-electron chi connectivity index (χ3n) is 2.30. The van der Waals surface area contributed by atoms with Gasteiger partial charge in [0.2, 0.25) is 5.91 Å². The van der Waals surface area contributed by atoms with Crippen LogP contribution in [0.15, 0.2) is 24.3 Å². The van der Waals surface area contributed by atoms with Crippen molar-refractivity contribution in [3.05, 3.63) is 29.8 Å². The van der Waals surface area contributed by atoms with Gasteiger partial charge >= 0.3 is 0 Å². The maximum Gasteiger partial charge on any atom is 0.253 e. The van der Waals surface area contributed by atoms with E-state index in [2.05, 4.69) is 26.6 Å². The first-order valence-corrected chi connectivity index (χ1v) is 7.04. The lowest BCUT2D eigenvalue weighted by molar-refractivity contribution is -0.115. The third kappa shape index (κ3) is 4.49. The van der Waals surface area contributed by atoms with Crippen LogP contribution in [0.5, 0.6) is 0 Å². The number of carbonyl (C=O) groups excluding carboxylic acids is 2. The van der Waals surface area contributed by atoms with E-state index in [1.807, 2.05) is 6.92 Å². The van der Waals surface area contributed by atoms with Gasteiger partial charge in [0.05, 0.1) is 11.3 Å². The second-order valence-corrected chi connectivity index (χ2v) is 4.58. The van der Waals surface area contributed by atoms with Gasteiger partial charge in [-0.3, -0.25) is 9.59 Å². The van der Waals surface area contributed by atoms with Gasteiger partial charge in [-0.2, -0.15) is 0 Å². The molecule has 2 N–H and O–H groups in total. The van der Waals surface area contributed by atoms with E-state index < -0.39 is 0 Å². The van der Waals surface area contributed by atoms with Crippen molar-refractivity contribution in [1.29, 1.82) is 0 Å². The van der Waals surface area contributed by atoms with Gasteiger partial charge in [0.25, 0.3) is 5.91 Å². The van der Waals surface area contributed by atoms with Crippen molar-refractivity contribution in [2.24, 2.45) is 0 Å². The average Bonchev–Trinajstić information content (AvgIpc) is 2.37. The van der Waals surface area contributed by atoms with E-state index in [1.165, 1.54) is 0 Å². The lowest BCUT2D eigenvalue weighted by Crippen LogP contribution is -2.25. The normalized spacial score (nSPS) is 9.89. The summed E-state index contributed by atoms with van der Waals surface area (Å²) in [5.41, 5.74) is 1.05. The van der Waals surface area contributed by atoms with E-state index >= 15 is 0 Å². The van der Waals surface area contributed by atoms with Crippen LogP contribution < -0.4 is 10.6 Å². The minimum absolute atomic E-state index is 0.109. The topological polar surface area (TPSA) is 58.2 Å². The molecule has 0 spiro atoms. The highest BCUT2D eigenvalue weighted by molar-refractivity contribution is 9.09. The molecule has 1 aromatic carbocycles. The minimum Gasteiger partial charge on any atom is -0.352 e. The molecule has 0 heterocycles. The predicted molar refractivity (Wildman–Crippen MR) is 76.1 cm³/mol. The second kappa shape index (κ2) is 7.87. The number of para-hydroxylation sites is 1. The smallest absolute Gasteiger partial charge is 0.253 e. The molecule has 1 aromatic rings. The molecule has 18 heavy (non-hydrogen) atoms. The van der Waals surface area contributed by atoms with Gasteiger partial charge in [0.1, 0.15) is 0 Å². The Morgan fingerprint density at radius 3 is 2.67 bits per heavy atom. The number of amides is 2. The van der Waals surface area contributed by atoms with Crippen LogP contribution in [0.3, 0.4) is 0 Å². The van der Waals surface area contributed by atoms with E-state index in [1.54, 1.807) is 24.3 Å². The SMILES string of the molecule is CCCNC(=O)c1ccccc1NC(=O)CCBr. The number of anilines is 1. The zero-order valence-corrected chi connectivity index (χ0v) is 11.9. The summed E-state index contributed by atoms with van der Waals surface area (Å²) in [6, 6.07) is 7.00. The van der Waals surface area contributed by atoms with Gasteiger partial charge in [0.15, 0.2) is 0 Å². The van der Waals surface area contributed by atoms with Crippen LogP contribution in [-0.2, 0) is 4.79 Å². The highest BCUT2D eigenvalue weighted by Gasteiger charge is 2.11. The number of alkyl halides is 1. The molecule has 1 rings (SSSR count). The second-order valence-electron chi connectivity index (χ2n) is 3.79. The van der Waals surface area contributed by atoms with Crippen LogP contribution in [-0.4, -0.2) is 23.7 Å². The number of hydrogen-bond acceptors (Lipinski definition) is 2. The molecule has 98 valence electrons. The molecule has 0 aliphatic heterocycles. The Morgan fingerprint density at radius 1 is 1.28 bits per heavy atom. The molecule has 5 heteroatoms. The first-order chi connectivity index (χ1) is 8.69. The molecular formula is C13H17BrN2O2. The molecule has 0 aromatic heterocycles. The summed E-state index contributed by atoms with van der Waals surface area (Å²) in [5, 5.41) is 6.13. The standard InChI is InChI=1S/C13H17BrN2O2/c1-2-9-15-13(18)10-5-3-4-6-11(10)16-12(17)7-8-14/h3-6H,2,7-9H2,1H3,(H,15,18)(H,16,17). The highest BCUT2D eigenvalue weighted by atomic mass is 79.9. The van der Waals surface area contributed by atoms with Crippen molar-refractivity contribution in [1.82, 2.24) is 5.32 Å². The van der Waals surface area contributed by atoms with Crippen LogP contribution in [0.4, 0.5) is 5.69 Å². The monoisotopic (exact) mass is 312 g/mol. The van der Waals surface area contributed by atoms with Gasteiger partial charge in [-0.25, -0.2) is 0 Å². The lowest BCUT2D eigenvalue weighted by atomic mass is 10.1. The van der Waals surface area contributed by atoms with Crippen molar-refractivity contribution in [2.75, 3.05) is 17.2 Å². The molecule has 0 radical (unpaired) electrons. The van der Waals surface area contributed by atoms with E-state index in [4.69, 9.17) is 0 Å². The van der Waals surface area contributed by atoms with Gasteiger partial charge in [-0.15, -0.1) is 0 Å². The summed E-state index contributed by atoms with van der Waals surface area (Å²) >= 11 is 3.20. The molecule has 0 fully saturated rings. The first kappa shape index (κ1) is 14.7. The molecule has 2 amide bonds. The Hall–Kier alpha value is -1.36. The number of nitrogens with one attached hydrogen (secondary N) is 2. The molecule has 0 atom stereocenters. The summed E-state index contributed by atoms with van der Waals surface area (Å²) < 4.78 is 0. The Labute approximate surface area is 115 Å². The van der Waals surface area contributed by atoms with Crippen LogP contribution >= 0.6 is 15.9 Å². The van der Waals surface area contributed by atoms with Crippen molar-refractivity contribution in [3.8, 4) is 0 Å². The van der Waals surface area contributed by atoms with Crippen molar-refractivity contribution >= 4 is 33.4 Å². The average molecular weight is 313 g/mol. The maximum atomic E-state index is 11.9. The number of rotatable bonds is 6. The van der Waals surface area contributed by atoms with Crippen LogP contribution in [0.25, 0.3) is 0 Å². The summed E-state index contributed by atoms with van der Waals surface area (Å²) in [6.45, 7) is 2.62. The van der Waals surface area contributed by atoms with Gasteiger partial charge in [-0.05, 0) is 18.6 Å². The van der Waals surface area contributed by atoms with Crippen molar-refractivity contribution in [3.63, 3.8) is 0 Å². The zero-order chi connectivity index (χ0) is 13.4. The number of halogens is 1. The molecule has 0 saturated heterocycles. The summed E-state index contributed by atoms with van der Waals surface area (Å²) in [4.78, 5) is 23.4. The van der Waals surface area contributed by atoms with E-state index in [9.17, 15) is 9.59 Å². The number of benzene rings is 1. The van der Waals surface area contributed by atoms with Crippen LogP contribution in [0.1, 0.15) is 30.1 Å². The minimum atomic E-state index is -0.161. The van der Waals surface area contributed by atoms with Crippen LogP contribution in [0, 0.1) is 0 Å². The lowest BCUT2D eigenvalue weighted by Gasteiger charge is -2.10. The molecule has 0 saturated carbocycles. The van der Waals surface area contributed by atoms with Crippen molar-refractivity contribution < 1.29 is 9.59 Å². The van der Waals surface area contributed by atoms with E-state index in [-0.39, 0.29) is 11.8 Å². The largest absolute Gasteiger partial charge is 0.352 e. The Balaban J connectivity index is 2.79. The Kier molecular flexibility index (Phi) is 6.43. The number of hydrogen-bond donors (Lipinski definition) is 2. The van der Waals surface area contributed by atoms with Gasteiger partial charge in [0, 0.05) is 18.3 Å². The molecule has 0 aliphatic carbocycles. The fraction of sp³-hybridized carbons (Fsp3) is 0.385. The first-order valence-electron chi connectivity index (χ1n) is 5.92. The van der Waals surface area contributed by atoms with Crippen LogP contribution in [0.2, 0.25) is 0 Å². The maximum absolute atomic E-state index is 11.9. The molecular weight excluding hydrogens is 296 g/mol. The Bertz CT molecular complexity index is 421. The highest BCUT2D eigenvalue weighted by Crippen LogP contribution is 2.15. The molecule has 0 aliphatic rings. The van der Waals surface area contributed by atoms with Gasteiger partial charge < -0.3 is 10.6 Å². The molecule has 0 unspecified atom stereocenters. The summed E-state index contributed by atoms with van der Waals surface area (Å²) in [5.74, 6) is -0.269. The van der Waals surface area contributed by atoms with E-state index in [0.717, 1.165) is 6.42 Å². The fourth-order valence-corrected chi connectivity index (χ4v) is 1.78. The third-order valence-corrected chi connectivity index (χ3v) is 2.70. The molecule has 4 nitrogen and oxygen atoms in total. The zero-order valence-electron chi connectivity index (χ0n) is 10.3. The Morgan fingerprint density at radius 2 is 2.00 bits per heavy atom. The quantitative estimate of drug-likeness (QED) is 0.793. The van der Waals surface area contributed by atoms with E-state index in [0.29, 0.717) is 29.5 Å². The van der Waals surface area contributed by atoms with Crippen molar-refractivity contribution in [2.45, 2.75) is 19.8 Å². The summed E-state index contributed by atoms with van der Waals surface area (Å²) in [7, 11) is 0. The fourth-order valence-electron chi connectivity index (χ4n) is 1.42. The summed E-state index contributed by atoms with van der Waals surface area (Å²) in [6.07, 6.45) is 1.26. The molecule has 0 bridgehead atoms. The number of carbonyl (C=O) groups is 2. The predicted octanol–water partition coefficient (Wildman–Crippen LogP) is 2.55.